The molecule has 8 heteroatoms. The lowest BCUT2D eigenvalue weighted by Gasteiger charge is -2.18. The summed E-state index contributed by atoms with van der Waals surface area (Å²) in [5, 5.41) is 2.94. The Hall–Kier alpha value is -3.39. The van der Waals surface area contributed by atoms with Gasteiger partial charge in [-0.15, -0.1) is 0 Å². The lowest BCUT2D eigenvalue weighted by atomic mass is 10.0. The maximum atomic E-state index is 12.9. The number of rotatable bonds is 11. The molecule has 3 amide bonds. The second-order valence-corrected chi connectivity index (χ2v) is 8.68. The zero-order chi connectivity index (χ0) is 24.8. The molecule has 34 heavy (non-hydrogen) atoms. The fourth-order valence-corrected chi connectivity index (χ4v) is 3.69. The first kappa shape index (κ1) is 25.2. The van der Waals surface area contributed by atoms with E-state index in [0.717, 1.165) is 5.56 Å². The summed E-state index contributed by atoms with van der Waals surface area (Å²) in [6.07, 6.45) is 0.553. The molecule has 0 fully saturated rings. The molecule has 1 aliphatic heterocycles. The zero-order valence-electron chi connectivity index (χ0n) is 20.3. The lowest BCUT2D eigenvalue weighted by Crippen LogP contribution is -2.31. The molecule has 1 heterocycles. The van der Waals surface area contributed by atoms with Gasteiger partial charge in [0.1, 0.15) is 0 Å². The Balaban J connectivity index is 1.71. The predicted octanol–water partition coefficient (Wildman–Crippen LogP) is 3.85. The minimum Gasteiger partial charge on any atom is -0.493 e. The topological polar surface area (TPSA) is 94.2 Å². The number of carbonyl (C=O) groups excluding carboxylic acids is 3. The minimum absolute atomic E-state index is 0.246. The van der Waals surface area contributed by atoms with Crippen molar-refractivity contribution in [2.45, 2.75) is 33.2 Å². The molecule has 3 rings (SSSR count). The van der Waals surface area contributed by atoms with Crippen molar-refractivity contribution < 1.29 is 28.6 Å². The molecule has 2 aromatic rings. The van der Waals surface area contributed by atoms with E-state index in [0.29, 0.717) is 48.2 Å². The Morgan fingerprint density at radius 3 is 2.38 bits per heavy atom. The number of nitrogens with one attached hydrogen (secondary N) is 1. The van der Waals surface area contributed by atoms with Crippen molar-refractivity contribution in [2.75, 3.05) is 34.0 Å². The minimum atomic E-state index is -0.388. The molecule has 0 radical (unpaired) electrons. The van der Waals surface area contributed by atoms with Gasteiger partial charge in [-0.2, -0.15) is 0 Å². The van der Waals surface area contributed by atoms with Crippen molar-refractivity contribution in [3.8, 4) is 11.5 Å². The number of fused-ring (bicyclic) bond motifs is 1. The van der Waals surface area contributed by atoms with Gasteiger partial charge in [0.05, 0.1) is 30.9 Å². The largest absolute Gasteiger partial charge is 0.493 e. The molecule has 8 nitrogen and oxygen atoms in total. The number of amides is 3. The van der Waals surface area contributed by atoms with Crippen LogP contribution in [0.3, 0.4) is 0 Å². The van der Waals surface area contributed by atoms with Crippen LogP contribution in [0.1, 0.15) is 69.9 Å². The van der Waals surface area contributed by atoms with Crippen LogP contribution in [0.15, 0.2) is 36.4 Å². The molecule has 1 aliphatic rings. The highest BCUT2D eigenvalue weighted by atomic mass is 16.5. The molecule has 0 aliphatic carbocycles. The standard InChI is InChI=1S/C26H32N2O6/c1-16(2)15-34-22-10-8-18(14-23(22)33-5)17(3)27-24(29)19-7-9-20-21(13-19)26(31)28(25(20)30)11-6-12-32-4/h7-10,13-14,16-17H,6,11-12,15H2,1-5H3,(H,27,29). The highest BCUT2D eigenvalue weighted by molar-refractivity contribution is 6.22. The summed E-state index contributed by atoms with van der Waals surface area (Å²) >= 11 is 0. The van der Waals surface area contributed by atoms with Crippen molar-refractivity contribution in [3.63, 3.8) is 0 Å². The smallest absolute Gasteiger partial charge is 0.261 e. The van der Waals surface area contributed by atoms with Crippen molar-refractivity contribution in [1.82, 2.24) is 10.2 Å². The Bertz CT molecular complexity index is 1070. The third kappa shape index (κ3) is 5.56. The van der Waals surface area contributed by atoms with E-state index in [2.05, 4.69) is 19.2 Å². The van der Waals surface area contributed by atoms with Crippen LogP contribution in [0.25, 0.3) is 0 Å². The van der Waals surface area contributed by atoms with Gasteiger partial charge in [0.15, 0.2) is 11.5 Å². The summed E-state index contributed by atoms with van der Waals surface area (Å²) in [6.45, 7) is 7.30. The first-order valence-corrected chi connectivity index (χ1v) is 11.4. The molecule has 1 N–H and O–H groups in total. The van der Waals surface area contributed by atoms with E-state index in [-0.39, 0.29) is 35.9 Å². The van der Waals surface area contributed by atoms with E-state index in [1.54, 1.807) is 20.3 Å². The van der Waals surface area contributed by atoms with Crippen LogP contribution >= 0.6 is 0 Å². The van der Waals surface area contributed by atoms with E-state index < -0.39 is 0 Å². The number of benzene rings is 2. The van der Waals surface area contributed by atoms with Crippen LogP contribution in [-0.2, 0) is 4.74 Å². The molecule has 0 aromatic heterocycles. The fourth-order valence-electron chi connectivity index (χ4n) is 3.69. The van der Waals surface area contributed by atoms with E-state index in [4.69, 9.17) is 14.2 Å². The summed E-state index contributed by atoms with van der Waals surface area (Å²) in [6, 6.07) is 9.81. The average molecular weight is 469 g/mol. The Morgan fingerprint density at radius 2 is 1.71 bits per heavy atom. The van der Waals surface area contributed by atoms with Gasteiger partial charge in [-0.25, -0.2) is 0 Å². The molecule has 1 unspecified atom stereocenters. The molecular formula is C26H32N2O6. The summed E-state index contributed by atoms with van der Waals surface area (Å²) in [5.41, 5.74) is 1.72. The third-order valence-corrected chi connectivity index (χ3v) is 5.57. The monoisotopic (exact) mass is 468 g/mol. The summed E-state index contributed by atoms with van der Waals surface area (Å²) < 4.78 is 16.2. The van der Waals surface area contributed by atoms with Crippen molar-refractivity contribution in [3.05, 3.63) is 58.7 Å². The zero-order valence-corrected chi connectivity index (χ0v) is 20.3. The molecule has 0 bridgehead atoms. The first-order chi connectivity index (χ1) is 16.3. The van der Waals surface area contributed by atoms with Crippen LogP contribution < -0.4 is 14.8 Å². The number of imide groups is 1. The van der Waals surface area contributed by atoms with E-state index in [1.807, 2.05) is 25.1 Å². The van der Waals surface area contributed by atoms with Crippen molar-refractivity contribution in [1.29, 1.82) is 0 Å². The molecule has 2 aromatic carbocycles. The van der Waals surface area contributed by atoms with Gasteiger partial charge in [0.2, 0.25) is 0 Å². The maximum Gasteiger partial charge on any atom is 0.261 e. The van der Waals surface area contributed by atoms with Crippen molar-refractivity contribution in [2.24, 2.45) is 5.92 Å². The van der Waals surface area contributed by atoms with Gasteiger partial charge in [-0.05, 0) is 55.2 Å². The number of hydrogen-bond donors (Lipinski definition) is 1. The summed E-state index contributed by atoms with van der Waals surface area (Å²) in [5.74, 6) is 0.551. The lowest BCUT2D eigenvalue weighted by molar-refractivity contribution is 0.0638. The number of carbonyl (C=O) groups is 3. The van der Waals surface area contributed by atoms with Crippen LogP contribution in [0, 0.1) is 5.92 Å². The quantitative estimate of drug-likeness (QED) is 0.398. The Morgan fingerprint density at radius 1 is 0.971 bits per heavy atom. The molecule has 0 saturated heterocycles. The highest BCUT2D eigenvalue weighted by Crippen LogP contribution is 2.31. The van der Waals surface area contributed by atoms with Crippen LogP contribution in [0.2, 0.25) is 0 Å². The first-order valence-electron chi connectivity index (χ1n) is 11.4. The average Bonchev–Trinajstić information content (AvgIpc) is 3.06. The fraction of sp³-hybridized carbons (Fsp3) is 0.423. The third-order valence-electron chi connectivity index (χ3n) is 5.57. The van der Waals surface area contributed by atoms with Crippen molar-refractivity contribution >= 4 is 17.7 Å². The molecule has 0 saturated carbocycles. The van der Waals surface area contributed by atoms with Gasteiger partial charge in [0.25, 0.3) is 17.7 Å². The summed E-state index contributed by atoms with van der Waals surface area (Å²) in [7, 11) is 3.14. The van der Waals surface area contributed by atoms with E-state index >= 15 is 0 Å². The number of methoxy groups -OCH3 is 2. The number of hydrogen-bond acceptors (Lipinski definition) is 6. The van der Waals surface area contributed by atoms with Gasteiger partial charge in [-0.1, -0.05) is 19.9 Å². The number of nitrogens with zero attached hydrogens (tertiary/aromatic N) is 1. The predicted molar refractivity (Wildman–Crippen MR) is 128 cm³/mol. The van der Waals surface area contributed by atoms with Crippen LogP contribution in [-0.4, -0.2) is 56.6 Å². The molecular weight excluding hydrogens is 436 g/mol. The second-order valence-electron chi connectivity index (χ2n) is 8.68. The van der Waals surface area contributed by atoms with E-state index in [1.165, 1.54) is 17.0 Å². The Kier molecular flexibility index (Phi) is 8.28. The molecule has 182 valence electrons. The van der Waals surface area contributed by atoms with Crippen LogP contribution in [0.5, 0.6) is 11.5 Å². The van der Waals surface area contributed by atoms with Gasteiger partial charge < -0.3 is 19.5 Å². The normalized spacial score (nSPS) is 13.8. The number of ether oxygens (including phenoxy) is 3. The summed E-state index contributed by atoms with van der Waals surface area (Å²) in [4.78, 5) is 39.4. The van der Waals surface area contributed by atoms with Gasteiger partial charge in [-0.3, -0.25) is 19.3 Å². The van der Waals surface area contributed by atoms with Gasteiger partial charge in [0, 0.05) is 25.8 Å². The van der Waals surface area contributed by atoms with Crippen LogP contribution in [0.4, 0.5) is 0 Å². The highest BCUT2D eigenvalue weighted by Gasteiger charge is 2.35. The second kappa shape index (κ2) is 11.2. The molecule has 1 atom stereocenters. The van der Waals surface area contributed by atoms with Gasteiger partial charge >= 0.3 is 0 Å². The SMILES string of the molecule is COCCCN1C(=O)c2ccc(C(=O)NC(C)c3ccc(OCC(C)C)c(OC)c3)cc2C1=O. The van der Waals surface area contributed by atoms with E-state index in [9.17, 15) is 14.4 Å². The molecule has 0 spiro atoms. The maximum absolute atomic E-state index is 12.9. The Labute approximate surface area is 200 Å².